The van der Waals surface area contributed by atoms with Gasteiger partial charge in [0, 0.05) is 14.1 Å². The number of esters is 1. The predicted octanol–water partition coefficient (Wildman–Crippen LogP) is 2.50. The maximum absolute atomic E-state index is 15.9. The number of fused-ring (bicyclic) bond motifs is 2. The van der Waals surface area contributed by atoms with Gasteiger partial charge in [-0.15, -0.1) is 11.6 Å². The molecule has 2 aliphatic rings. The molecule has 0 aliphatic carbocycles. The Bertz CT molecular complexity index is 1170. The number of nitrogens with zero attached hydrogens (tertiary/aromatic N) is 5. The molecule has 2 saturated heterocycles. The van der Waals surface area contributed by atoms with Crippen molar-refractivity contribution in [1.82, 2.24) is 24.6 Å². The number of ether oxygens (including phenoxy) is 2. The van der Waals surface area contributed by atoms with E-state index in [9.17, 15) is 9.36 Å². The maximum Gasteiger partial charge on any atom is 0.406 e. The molecule has 4 rings (SSSR count). The van der Waals surface area contributed by atoms with E-state index in [0.29, 0.717) is 22.8 Å². The fourth-order valence-corrected chi connectivity index (χ4v) is 6.07. The van der Waals surface area contributed by atoms with E-state index in [0.717, 1.165) is 0 Å². The molecule has 2 aliphatic heterocycles. The number of rotatable bonds is 7. The van der Waals surface area contributed by atoms with Gasteiger partial charge in [0.15, 0.2) is 29.4 Å². The van der Waals surface area contributed by atoms with E-state index in [1.807, 2.05) is 14.1 Å². The fourth-order valence-electron chi connectivity index (χ4n) is 4.01. The van der Waals surface area contributed by atoms with Crippen LogP contribution >= 0.6 is 19.3 Å². The minimum Gasteiger partial charge on any atom is -0.462 e. The molecule has 194 valence electrons. The number of imidazole rings is 1. The minimum absolute atomic E-state index is 0.191. The Morgan fingerprint density at radius 3 is 2.77 bits per heavy atom. The zero-order valence-electron chi connectivity index (χ0n) is 20.3. The van der Waals surface area contributed by atoms with Gasteiger partial charge in [-0.25, -0.2) is 29.0 Å². The van der Waals surface area contributed by atoms with Crippen LogP contribution in [-0.4, -0.2) is 82.1 Å². The lowest BCUT2D eigenvalue weighted by molar-refractivity contribution is -0.149. The number of hydrogen-bond acceptors (Lipinski definition) is 10. The Hall–Kier alpha value is -1.89. The van der Waals surface area contributed by atoms with Crippen LogP contribution in [0.3, 0.4) is 0 Å². The van der Waals surface area contributed by atoms with Gasteiger partial charge >= 0.3 is 13.7 Å². The number of anilines is 1. The number of carbonyl (C=O) groups is 1. The van der Waals surface area contributed by atoms with Gasteiger partial charge in [0.05, 0.1) is 24.9 Å². The largest absolute Gasteiger partial charge is 0.462 e. The smallest absolute Gasteiger partial charge is 0.406 e. The molecule has 2 aromatic heterocycles. The van der Waals surface area contributed by atoms with Crippen molar-refractivity contribution in [3.63, 3.8) is 0 Å². The normalized spacial score (nSPS) is 31.5. The Labute approximate surface area is 207 Å². The number of carbonyl (C=O) groups excluding carboxylic acids is 1. The van der Waals surface area contributed by atoms with Crippen LogP contribution in [0, 0.1) is 6.92 Å². The highest BCUT2D eigenvalue weighted by Gasteiger charge is 2.63. The van der Waals surface area contributed by atoms with Crippen LogP contribution in [0.5, 0.6) is 0 Å². The molecular formula is C20H29ClFN6O6P. The van der Waals surface area contributed by atoms with E-state index >= 15 is 4.39 Å². The number of hydrogen-bond donors (Lipinski definition) is 1. The first kappa shape index (κ1) is 26.2. The van der Waals surface area contributed by atoms with Crippen molar-refractivity contribution < 1.29 is 32.3 Å². The van der Waals surface area contributed by atoms with Crippen molar-refractivity contribution in [3.8, 4) is 0 Å². The molecule has 1 N–H and O–H groups in total. The summed E-state index contributed by atoms with van der Waals surface area (Å²) in [7, 11) is -0.468. The monoisotopic (exact) mass is 534 g/mol. The van der Waals surface area contributed by atoms with Crippen molar-refractivity contribution in [1.29, 1.82) is 0 Å². The molecule has 0 amide bonds. The third-order valence-corrected chi connectivity index (χ3v) is 7.79. The highest BCUT2D eigenvalue weighted by atomic mass is 35.5. The van der Waals surface area contributed by atoms with Crippen molar-refractivity contribution in [2.75, 3.05) is 31.5 Å². The summed E-state index contributed by atoms with van der Waals surface area (Å²) in [4.78, 5) is 27.1. The van der Waals surface area contributed by atoms with E-state index < -0.39 is 43.9 Å². The Kier molecular flexibility index (Phi) is 7.13. The van der Waals surface area contributed by atoms with Crippen LogP contribution in [0.1, 0.15) is 32.8 Å². The molecule has 0 bridgehead atoms. The molecule has 2 fully saturated rings. The molecule has 1 unspecified atom stereocenters. The Morgan fingerprint density at radius 1 is 1.43 bits per heavy atom. The number of halogens is 2. The highest BCUT2D eigenvalue weighted by molar-refractivity contribution is 7.51. The van der Waals surface area contributed by atoms with Gasteiger partial charge in [-0.2, -0.15) is 0 Å². The third-order valence-electron chi connectivity index (χ3n) is 5.66. The summed E-state index contributed by atoms with van der Waals surface area (Å²) >= 11 is 6.19. The second-order valence-corrected chi connectivity index (χ2v) is 11.1. The number of alkyl halides is 2. The lowest BCUT2D eigenvalue weighted by Gasteiger charge is -2.39. The molecular weight excluding hydrogens is 506 g/mol. The summed E-state index contributed by atoms with van der Waals surface area (Å²) in [6.07, 6.45) is -3.34. The van der Waals surface area contributed by atoms with Gasteiger partial charge < -0.3 is 14.4 Å². The first-order chi connectivity index (χ1) is 16.4. The molecule has 2 aromatic rings. The van der Waals surface area contributed by atoms with Crippen LogP contribution < -0.4 is 9.99 Å². The summed E-state index contributed by atoms with van der Waals surface area (Å²) in [6.45, 7) is 6.22. The first-order valence-electron chi connectivity index (χ1n) is 11.1. The third kappa shape index (κ3) is 4.77. The van der Waals surface area contributed by atoms with Gasteiger partial charge in [-0.3, -0.25) is 18.4 Å². The van der Waals surface area contributed by atoms with Gasteiger partial charge in [-0.05, 0) is 27.7 Å². The van der Waals surface area contributed by atoms with Gasteiger partial charge in [0.25, 0.3) is 0 Å². The molecule has 4 heterocycles. The van der Waals surface area contributed by atoms with E-state index in [-0.39, 0.29) is 18.6 Å². The summed E-state index contributed by atoms with van der Waals surface area (Å²) in [5.41, 5.74) is -0.593. The lowest BCUT2D eigenvalue weighted by atomic mass is 9.99. The summed E-state index contributed by atoms with van der Waals surface area (Å²) in [5.74, 6) is 0.199. The summed E-state index contributed by atoms with van der Waals surface area (Å²) in [5, 5.41) is 2.51. The van der Waals surface area contributed by atoms with Gasteiger partial charge in [0.2, 0.25) is 0 Å². The number of aryl methyl sites for hydroxylation is 1. The van der Waals surface area contributed by atoms with E-state index in [1.54, 1.807) is 25.7 Å². The van der Waals surface area contributed by atoms with Crippen LogP contribution in [0.4, 0.5) is 10.2 Å². The quantitative estimate of drug-likeness (QED) is 0.319. The molecule has 6 atom stereocenters. The second kappa shape index (κ2) is 9.53. The summed E-state index contributed by atoms with van der Waals surface area (Å²) < 4.78 is 52.9. The molecule has 0 radical (unpaired) electrons. The van der Waals surface area contributed by atoms with E-state index in [2.05, 4.69) is 20.0 Å². The molecule has 35 heavy (non-hydrogen) atoms. The highest BCUT2D eigenvalue weighted by Crippen LogP contribution is 2.57. The maximum atomic E-state index is 15.9. The van der Waals surface area contributed by atoms with E-state index in [4.69, 9.17) is 30.1 Å². The van der Waals surface area contributed by atoms with Crippen molar-refractivity contribution in [2.45, 2.75) is 63.9 Å². The SMILES string of the molecule is Cc1nc(N(C)C)c2ncn([C@@H]3O[C@]4(CCl)COP(=O)(N[C@@H](C)C(=O)OC(C)C)O[C@H]4[C@H]3F)c2n1. The average Bonchev–Trinajstić information content (AvgIpc) is 3.31. The number of aromatic nitrogens is 4. The minimum atomic E-state index is -4.10. The van der Waals surface area contributed by atoms with Crippen LogP contribution in [0.25, 0.3) is 11.2 Å². The first-order valence-corrected chi connectivity index (χ1v) is 13.1. The summed E-state index contributed by atoms with van der Waals surface area (Å²) in [6, 6.07) is -1.02. The molecule has 0 aromatic carbocycles. The standard InChI is InChI=1S/C20H29ClFN6O6P/c1-10(2)32-19(29)11(3)26-35(30)31-8-20(7-21)15(34-35)13(22)18(33-20)28-9-23-14-16(27(5)6)24-12(4)25-17(14)28/h9-11,13,15,18H,7-8H2,1-6H3,(H,26,30)/t11-,13+,15-,18+,20+,35?/m0/s1. The molecule has 0 saturated carbocycles. The van der Waals surface area contributed by atoms with Crippen molar-refractivity contribution in [2.24, 2.45) is 0 Å². The number of nitrogens with one attached hydrogen (secondary N) is 1. The van der Waals surface area contributed by atoms with Gasteiger partial charge in [0.1, 0.15) is 23.6 Å². The van der Waals surface area contributed by atoms with E-state index in [1.165, 1.54) is 17.8 Å². The fraction of sp³-hybridized carbons (Fsp3) is 0.700. The Balaban J connectivity index is 1.62. The molecule has 12 nitrogen and oxygen atoms in total. The van der Waals surface area contributed by atoms with Crippen molar-refractivity contribution >= 4 is 42.3 Å². The second-order valence-electron chi connectivity index (χ2n) is 9.10. The van der Waals surface area contributed by atoms with Crippen LogP contribution in [0.15, 0.2) is 6.33 Å². The Morgan fingerprint density at radius 2 is 2.14 bits per heavy atom. The average molecular weight is 535 g/mol. The van der Waals surface area contributed by atoms with Crippen molar-refractivity contribution in [3.05, 3.63) is 12.2 Å². The predicted molar refractivity (Wildman–Crippen MR) is 125 cm³/mol. The zero-order valence-corrected chi connectivity index (χ0v) is 21.9. The molecule has 0 spiro atoms. The van der Waals surface area contributed by atoms with Gasteiger partial charge in [-0.1, -0.05) is 0 Å². The topological polar surface area (TPSA) is 130 Å². The van der Waals surface area contributed by atoms with Crippen LogP contribution in [-0.2, 0) is 27.9 Å². The lowest BCUT2D eigenvalue weighted by Crippen LogP contribution is -2.53. The zero-order chi connectivity index (χ0) is 25.7. The molecule has 15 heteroatoms. The van der Waals surface area contributed by atoms with Crippen LogP contribution in [0.2, 0.25) is 0 Å².